The van der Waals surface area contributed by atoms with Crippen LogP contribution in [0.5, 0.6) is 0 Å². The molecule has 1 amide bonds. The fourth-order valence-corrected chi connectivity index (χ4v) is 7.39. The lowest BCUT2D eigenvalue weighted by molar-refractivity contribution is -0.113. The number of fused-ring (bicyclic) bond motifs is 1. The Hall–Kier alpha value is -3.15. The van der Waals surface area contributed by atoms with Crippen LogP contribution in [0, 0.1) is 0 Å². The number of anilines is 1. The van der Waals surface area contributed by atoms with Crippen LogP contribution in [0.4, 0.5) is 5.69 Å². The molecule has 204 valence electrons. The summed E-state index contributed by atoms with van der Waals surface area (Å²) in [7, 11) is 0. The summed E-state index contributed by atoms with van der Waals surface area (Å²) >= 11 is 14.6. The van der Waals surface area contributed by atoms with Crippen molar-refractivity contribution in [2.45, 2.75) is 15.2 Å². The van der Waals surface area contributed by atoms with Crippen molar-refractivity contribution in [3.63, 3.8) is 0 Å². The molecule has 11 heteroatoms. The number of hydrogen-bond donors (Lipinski definition) is 1. The molecular weight excluding hydrogens is 658 g/mol. The smallest absolute Gasteiger partial charge is 0.234 e. The van der Waals surface area contributed by atoms with E-state index >= 15 is 0 Å². The summed E-state index contributed by atoms with van der Waals surface area (Å²) in [4.78, 5) is 17.7. The predicted molar refractivity (Wildman–Crippen MR) is 174 cm³/mol. The number of thioether (sulfide) groups is 2. The highest BCUT2D eigenvalue weighted by atomic mass is 79.9. The maximum Gasteiger partial charge on any atom is 0.234 e. The van der Waals surface area contributed by atoms with E-state index in [0.717, 1.165) is 41.7 Å². The second-order valence-electron chi connectivity index (χ2n) is 8.87. The third-order valence-corrected chi connectivity index (χ3v) is 10.0. The topological polar surface area (TPSA) is 72.7 Å². The standard InChI is InChI=1S/C30H21BrClN5OS3/c31-20-12-10-19(11-13-20)17-40-30-34-25-15-14-21(16-26(25)41-30)33-27(38)18-39-29-36-35-28(23-8-4-5-9-24(23)32)37(29)22-6-2-1-3-7-22/h1-16H,17-18H2,(H,33,38). The number of nitrogens with zero attached hydrogens (tertiary/aromatic N) is 4. The van der Waals surface area contributed by atoms with E-state index in [0.29, 0.717) is 16.0 Å². The lowest BCUT2D eigenvalue weighted by Crippen LogP contribution is -2.14. The van der Waals surface area contributed by atoms with Crippen molar-refractivity contribution < 1.29 is 4.79 Å². The molecule has 2 aromatic heterocycles. The van der Waals surface area contributed by atoms with Crippen LogP contribution >= 0.6 is 62.4 Å². The van der Waals surface area contributed by atoms with Gasteiger partial charge in [0.05, 0.1) is 21.0 Å². The lowest BCUT2D eigenvalue weighted by atomic mass is 10.2. The van der Waals surface area contributed by atoms with Crippen molar-refractivity contribution in [2.24, 2.45) is 0 Å². The monoisotopic (exact) mass is 677 g/mol. The Balaban J connectivity index is 1.14. The molecule has 0 saturated carbocycles. The molecule has 0 aliphatic heterocycles. The van der Waals surface area contributed by atoms with E-state index in [2.05, 4.69) is 43.6 Å². The number of nitrogens with one attached hydrogen (secondary N) is 1. The number of halogens is 2. The largest absolute Gasteiger partial charge is 0.325 e. The van der Waals surface area contributed by atoms with Crippen LogP contribution in [0.2, 0.25) is 5.02 Å². The van der Waals surface area contributed by atoms with Gasteiger partial charge in [0, 0.05) is 27.2 Å². The minimum atomic E-state index is -0.134. The first kappa shape index (κ1) is 28.0. The van der Waals surface area contributed by atoms with Crippen molar-refractivity contribution in [1.82, 2.24) is 19.7 Å². The van der Waals surface area contributed by atoms with E-state index in [1.165, 1.54) is 17.3 Å². The van der Waals surface area contributed by atoms with Crippen LogP contribution in [0.15, 0.2) is 111 Å². The zero-order valence-electron chi connectivity index (χ0n) is 21.3. The van der Waals surface area contributed by atoms with Gasteiger partial charge < -0.3 is 5.32 Å². The zero-order valence-corrected chi connectivity index (χ0v) is 26.1. The minimum absolute atomic E-state index is 0.134. The Morgan fingerprint density at radius 1 is 0.927 bits per heavy atom. The predicted octanol–water partition coefficient (Wildman–Crippen LogP) is 8.98. The maximum atomic E-state index is 13.0. The van der Waals surface area contributed by atoms with Crippen LogP contribution in [-0.2, 0) is 10.5 Å². The molecule has 1 N–H and O–H groups in total. The Bertz CT molecular complexity index is 1830. The van der Waals surface area contributed by atoms with Crippen LogP contribution in [0.3, 0.4) is 0 Å². The Kier molecular flexibility index (Phi) is 8.73. The average Bonchev–Trinajstić information content (AvgIpc) is 3.60. The number of amides is 1. The fourth-order valence-electron chi connectivity index (χ4n) is 4.09. The summed E-state index contributed by atoms with van der Waals surface area (Å²) in [6.07, 6.45) is 0. The number of carbonyl (C=O) groups is 1. The Morgan fingerprint density at radius 2 is 1.71 bits per heavy atom. The van der Waals surface area contributed by atoms with Gasteiger partial charge in [-0.05, 0) is 60.2 Å². The van der Waals surface area contributed by atoms with Gasteiger partial charge in [0.15, 0.2) is 15.3 Å². The van der Waals surface area contributed by atoms with E-state index in [1.54, 1.807) is 23.1 Å². The molecule has 0 saturated heterocycles. The molecule has 6 aromatic rings. The summed E-state index contributed by atoms with van der Waals surface area (Å²) in [6, 6.07) is 31.4. The van der Waals surface area contributed by atoms with Gasteiger partial charge in [-0.15, -0.1) is 21.5 Å². The molecule has 4 aromatic carbocycles. The quantitative estimate of drug-likeness (QED) is 0.154. The molecule has 6 nitrogen and oxygen atoms in total. The molecule has 0 fully saturated rings. The molecule has 0 aliphatic carbocycles. The number of benzene rings is 4. The third kappa shape index (κ3) is 6.68. The van der Waals surface area contributed by atoms with Crippen molar-refractivity contribution >= 4 is 84.2 Å². The SMILES string of the molecule is O=C(CSc1nnc(-c2ccccc2Cl)n1-c1ccccc1)Nc1ccc2nc(SCc3ccc(Br)cc3)sc2c1. The number of hydrogen-bond acceptors (Lipinski definition) is 7. The second-order valence-corrected chi connectivity index (χ2v) is 13.4. The van der Waals surface area contributed by atoms with Crippen LogP contribution in [-0.4, -0.2) is 31.4 Å². The van der Waals surface area contributed by atoms with Gasteiger partial charge in [0.1, 0.15) is 0 Å². The van der Waals surface area contributed by atoms with E-state index in [4.69, 9.17) is 16.6 Å². The van der Waals surface area contributed by atoms with E-state index in [-0.39, 0.29) is 11.7 Å². The van der Waals surface area contributed by atoms with E-state index in [1.807, 2.05) is 89.5 Å². The molecule has 6 rings (SSSR count). The molecule has 2 heterocycles. The second kappa shape index (κ2) is 12.8. The molecule has 0 unspecified atom stereocenters. The molecule has 0 aliphatic rings. The summed E-state index contributed by atoms with van der Waals surface area (Å²) in [6.45, 7) is 0. The summed E-state index contributed by atoms with van der Waals surface area (Å²) in [5.74, 6) is 1.50. The summed E-state index contributed by atoms with van der Waals surface area (Å²) in [5.41, 5.74) is 4.56. The number of thiazole rings is 1. The van der Waals surface area contributed by atoms with Gasteiger partial charge in [0.2, 0.25) is 5.91 Å². The van der Waals surface area contributed by atoms with Crippen molar-refractivity contribution in [2.75, 3.05) is 11.1 Å². The molecule has 0 spiro atoms. The van der Waals surface area contributed by atoms with Gasteiger partial charge in [0.25, 0.3) is 0 Å². The van der Waals surface area contributed by atoms with E-state index in [9.17, 15) is 4.79 Å². The third-order valence-electron chi connectivity index (χ3n) is 6.02. The fraction of sp³-hybridized carbons (Fsp3) is 0.0667. The zero-order chi connectivity index (χ0) is 28.2. The van der Waals surface area contributed by atoms with Crippen LogP contribution in [0.25, 0.3) is 27.3 Å². The Morgan fingerprint density at radius 3 is 2.51 bits per heavy atom. The first-order valence-electron chi connectivity index (χ1n) is 12.5. The van der Waals surface area contributed by atoms with Gasteiger partial charge >= 0.3 is 0 Å². The van der Waals surface area contributed by atoms with Gasteiger partial charge in [-0.1, -0.05) is 93.5 Å². The molecular formula is C30H21BrClN5OS3. The van der Waals surface area contributed by atoms with Crippen molar-refractivity contribution in [1.29, 1.82) is 0 Å². The Labute approximate surface area is 262 Å². The van der Waals surface area contributed by atoms with Crippen molar-refractivity contribution in [3.05, 3.63) is 112 Å². The molecule has 0 atom stereocenters. The van der Waals surface area contributed by atoms with Crippen molar-refractivity contribution in [3.8, 4) is 17.1 Å². The lowest BCUT2D eigenvalue weighted by Gasteiger charge is -2.11. The maximum absolute atomic E-state index is 13.0. The highest BCUT2D eigenvalue weighted by Crippen LogP contribution is 2.34. The highest BCUT2D eigenvalue weighted by molar-refractivity contribution is 9.10. The van der Waals surface area contributed by atoms with E-state index < -0.39 is 0 Å². The highest BCUT2D eigenvalue weighted by Gasteiger charge is 2.19. The molecule has 0 radical (unpaired) electrons. The molecule has 0 bridgehead atoms. The van der Waals surface area contributed by atoms with Gasteiger partial charge in [-0.2, -0.15) is 0 Å². The normalized spacial score (nSPS) is 11.2. The number of carbonyl (C=O) groups excluding carboxylic acids is 1. The first-order valence-corrected chi connectivity index (χ1v) is 16.5. The first-order chi connectivity index (χ1) is 20.0. The number of aromatic nitrogens is 4. The average molecular weight is 679 g/mol. The number of para-hydroxylation sites is 1. The van der Waals surface area contributed by atoms with Gasteiger partial charge in [-0.25, -0.2) is 4.98 Å². The number of rotatable bonds is 9. The van der Waals surface area contributed by atoms with Gasteiger partial charge in [-0.3, -0.25) is 9.36 Å². The summed E-state index contributed by atoms with van der Waals surface area (Å²) in [5, 5.41) is 13.0. The summed E-state index contributed by atoms with van der Waals surface area (Å²) < 4.78 is 5.02. The van der Waals surface area contributed by atoms with Crippen LogP contribution in [0.1, 0.15) is 5.56 Å². The minimum Gasteiger partial charge on any atom is -0.325 e. The molecule has 41 heavy (non-hydrogen) atoms. The van der Waals surface area contributed by atoms with Crippen LogP contribution < -0.4 is 5.32 Å².